The average Bonchev–Trinajstić information content (AvgIpc) is 2.93. The number of hydrogen-bond donors (Lipinski definition) is 0. The molecule has 0 aliphatic rings. The lowest BCUT2D eigenvalue weighted by Gasteiger charge is -2.26. The normalized spacial score (nSPS) is 12.6. The summed E-state index contributed by atoms with van der Waals surface area (Å²) in [5.41, 5.74) is 2.36. The van der Waals surface area contributed by atoms with E-state index in [1.54, 1.807) is 55.5 Å². The van der Waals surface area contributed by atoms with Gasteiger partial charge in [-0.2, -0.15) is 4.31 Å². The smallest absolute Gasteiger partial charge is 0.266 e. The van der Waals surface area contributed by atoms with Crippen LogP contribution < -0.4 is 5.56 Å². The molecule has 0 amide bonds. The Morgan fingerprint density at radius 2 is 1.41 bits per heavy atom. The molecule has 0 aliphatic heterocycles. The molecular formula is C29H24FN3O3S. The van der Waals surface area contributed by atoms with Crippen molar-refractivity contribution in [2.45, 2.75) is 17.9 Å². The third-order valence-corrected chi connectivity index (χ3v) is 8.39. The Balaban J connectivity index is 1.58. The second-order valence-electron chi connectivity index (χ2n) is 8.69. The molecule has 1 unspecified atom stereocenters. The van der Waals surface area contributed by atoms with Crippen LogP contribution >= 0.6 is 0 Å². The minimum Gasteiger partial charge on any atom is -0.268 e. The Labute approximate surface area is 214 Å². The number of fused-ring (bicyclic) bond motifs is 1. The summed E-state index contributed by atoms with van der Waals surface area (Å²) in [7, 11) is -2.48. The van der Waals surface area contributed by atoms with E-state index >= 15 is 0 Å². The third kappa shape index (κ3) is 4.57. The highest BCUT2D eigenvalue weighted by atomic mass is 32.2. The number of sulfonamides is 1. The van der Waals surface area contributed by atoms with Crippen LogP contribution in [0, 0.1) is 5.82 Å². The van der Waals surface area contributed by atoms with Crippen LogP contribution in [0.4, 0.5) is 4.39 Å². The monoisotopic (exact) mass is 513 g/mol. The van der Waals surface area contributed by atoms with Gasteiger partial charge in [0.05, 0.1) is 27.5 Å². The van der Waals surface area contributed by atoms with Gasteiger partial charge in [0.1, 0.15) is 11.6 Å². The van der Waals surface area contributed by atoms with Crippen molar-refractivity contribution in [3.63, 3.8) is 0 Å². The molecule has 1 aromatic heterocycles. The number of para-hydroxylation sites is 1. The maximum absolute atomic E-state index is 13.6. The van der Waals surface area contributed by atoms with Gasteiger partial charge < -0.3 is 0 Å². The molecule has 0 radical (unpaired) electrons. The van der Waals surface area contributed by atoms with E-state index in [1.165, 1.54) is 40.2 Å². The summed E-state index contributed by atoms with van der Waals surface area (Å²) in [6.45, 7) is 1.67. The number of rotatable bonds is 6. The van der Waals surface area contributed by atoms with Crippen LogP contribution in [-0.4, -0.2) is 29.3 Å². The zero-order valence-corrected chi connectivity index (χ0v) is 21.1. The molecule has 0 aliphatic carbocycles. The van der Waals surface area contributed by atoms with Crippen LogP contribution in [0.2, 0.25) is 0 Å². The van der Waals surface area contributed by atoms with Crippen molar-refractivity contribution in [2.24, 2.45) is 0 Å². The van der Waals surface area contributed by atoms with Crippen LogP contribution in [0.15, 0.2) is 113 Å². The molecule has 0 saturated carbocycles. The number of halogens is 1. The summed E-state index contributed by atoms with van der Waals surface area (Å²) >= 11 is 0. The first-order chi connectivity index (χ1) is 17.8. The second-order valence-corrected chi connectivity index (χ2v) is 10.7. The summed E-state index contributed by atoms with van der Waals surface area (Å²) in [6, 6.07) is 27.9. The number of hydrogen-bond acceptors (Lipinski definition) is 4. The Morgan fingerprint density at radius 3 is 2.08 bits per heavy atom. The Bertz CT molecular complexity index is 1730. The highest BCUT2D eigenvalue weighted by molar-refractivity contribution is 7.89. The van der Waals surface area contributed by atoms with Gasteiger partial charge in [0.15, 0.2) is 0 Å². The van der Waals surface area contributed by atoms with Crippen LogP contribution in [-0.2, 0) is 10.0 Å². The van der Waals surface area contributed by atoms with Gasteiger partial charge in [0, 0.05) is 7.05 Å². The summed E-state index contributed by atoms with van der Waals surface area (Å²) < 4.78 is 43.4. The summed E-state index contributed by atoms with van der Waals surface area (Å²) in [6.07, 6.45) is 0. The van der Waals surface area contributed by atoms with Gasteiger partial charge in [-0.25, -0.2) is 17.8 Å². The van der Waals surface area contributed by atoms with Crippen LogP contribution in [0.3, 0.4) is 0 Å². The first-order valence-corrected chi connectivity index (χ1v) is 13.1. The van der Waals surface area contributed by atoms with Crippen LogP contribution in [0.5, 0.6) is 0 Å². The van der Waals surface area contributed by atoms with Crippen molar-refractivity contribution in [3.8, 4) is 16.8 Å². The van der Waals surface area contributed by atoms with Crippen molar-refractivity contribution in [1.82, 2.24) is 13.9 Å². The van der Waals surface area contributed by atoms with Gasteiger partial charge >= 0.3 is 0 Å². The predicted octanol–water partition coefficient (Wildman–Crippen LogP) is 5.57. The maximum Gasteiger partial charge on any atom is 0.266 e. The topological polar surface area (TPSA) is 72.3 Å². The van der Waals surface area contributed by atoms with E-state index < -0.39 is 21.9 Å². The van der Waals surface area contributed by atoms with Gasteiger partial charge in [-0.1, -0.05) is 54.6 Å². The molecule has 0 spiro atoms. The quantitative estimate of drug-likeness (QED) is 0.297. The lowest BCUT2D eigenvalue weighted by molar-refractivity contribution is 0.379. The van der Waals surface area contributed by atoms with Crippen molar-refractivity contribution in [2.75, 3.05) is 7.05 Å². The Morgan fingerprint density at radius 1 is 0.811 bits per heavy atom. The molecule has 0 fully saturated rings. The standard InChI is InChI=1S/C29H24FN3O3S/c1-20(32(2)37(35,36)25-18-12-22(13-19-25)21-8-4-3-5-9-21)28-31-27-11-7-6-10-26(27)29(34)33(28)24-16-14-23(30)15-17-24/h3-20H,1-2H3. The van der Waals surface area contributed by atoms with E-state index in [1.807, 2.05) is 30.3 Å². The van der Waals surface area contributed by atoms with E-state index in [9.17, 15) is 17.6 Å². The molecule has 0 bridgehead atoms. The highest BCUT2D eigenvalue weighted by Crippen LogP contribution is 2.28. The Kier molecular flexibility index (Phi) is 6.45. The lowest BCUT2D eigenvalue weighted by Crippen LogP contribution is -2.34. The van der Waals surface area contributed by atoms with E-state index in [0.29, 0.717) is 16.6 Å². The molecule has 1 heterocycles. The fourth-order valence-corrected chi connectivity index (χ4v) is 5.58. The van der Waals surface area contributed by atoms with Gasteiger partial charge in [0.25, 0.3) is 5.56 Å². The molecule has 37 heavy (non-hydrogen) atoms. The molecule has 8 heteroatoms. The molecule has 4 aromatic carbocycles. The molecule has 186 valence electrons. The summed E-state index contributed by atoms with van der Waals surface area (Å²) in [4.78, 5) is 18.3. The first kappa shape index (κ1) is 24.5. The van der Waals surface area contributed by atoms with Crippen molar-refractivity contribution in [1.29, 1.82) is 0 Å². The zero-order valence-electron chi connectivity index (χ0n) is 20.2. The number of nitrogens with zero attached hydrogens (tertiary/aromatic N) is 3. The predicted molar refractivity (Wildman–Crippen MR) is 143 cm³/mol. The zero-order chi connectivity index (χ0) is 26.2. The van der Waals surface area contributed by atoms with Gasteiger partial charge in [0.2, 0.25) is 10.0 Å². The first-order valence-electron chi connectivity index (χ1n) is 11.7. The number of benzene rings is 4. The van der Waals surface area contributed by atoms with Crippen molar-refractivity contribution >= 4 is 20.9 Å². The van der Waals surface area contributed by atoms with Crippen LogP contribution in [0.25, 0.3) is 27.7 Å². The van der Waals surface area contributed by atoms with Gasteiger partial charge in [-0.3, -0.25) is 9.36 Å². The molecule has 1 atom stereocenters. The van der Waals surface area contributed by atoms with Gasteiger partial charge in [-0.05, 0) is 66.6 Å². The van der Waals surface area contributed by atoms with E-state index in [-0.39, 0.29) is 16.3 Å². The largest absolute Gasteiger partial charge is 0.268 e. The van der Waals surface area contributed by atoms with E-state index in [2.05, 4.69) is 4.98 Å². The molecule has 6 nitrogen and oxygen atoms in total. The fraction of sp³-hybridized carbons (Fsp3) is 0.103. The van der Waals surface area contributed by atoms with Crippen molar-refractivity contribution < 1.29 is 12.8 Å². The second kappa shape index (κ2) is 9.72. The fourth-order valence-electron chi connectivity index (χ4n) is 4.26. The minimum absolute atomic E-state index is 0.123. The maximum atomic E-state index is 13.6. The third-order valence-electron chi connectivity index (χ3n) is 6.44. The SMILES string of the molecule is CC(c1nc2ccccc2c(=O)n1-c1ccc(F)cc1)N(C)S(=O)(=O)c1ccc(-c2ccccc2)cc1. The van der Waals surface area contributed by atoms with E-state index in [0.717, 1.165) is 11.1 Å². The molecular weight excluding hydrogens is 489 g/mol. The minimum atomic E-state index is -3.94. The number of aromatic nitrogens is 2. The molecule has 5 rings (SSSR count). The van der Waals surface area contributed by atoms with Gasteiger partial charge in [-0.15, -0.1) is 0 Å². The van der Waals surface area contributed by atoms with Crippen molar-refractivity contribution in [3.05, 3.63) is 125 Å². The van der Waals surface area contributed by atoms with Crippen LogP contribution in [0.1, 0.15) is 18.8 Å². The van der Waals surface area contributed by atoms with E-state index in [4.69, 9.17) is 0 Å². The Hall–Kier alpha value is -4.14. The average molecular weight is 514 g/mol. The molecule has 0 saturated heterocycles. The summed E-state index contributed by atoms with van der Waals surface area (Å²) in [5.74, 6) is -0.221. The highest BCUT2D eigenvalue weighted by Gasteiger charge is 2.30. The molecule has 5 aromatic rings. The molecule has 0 N–H and O–H groups in total. The lowest BCUT2D eigenvalue weighted by atomic mass is 10.1. The summed E-state index contributed by atoms with van der Waals surface area (Å²) in [5, 5.41) is 0.379.